The van der Waals surface area contributed by atoms with Gasteiger partial charge in [-0.05, 0) is 20.3 Å². The van der Waals surface area contributed by atoms with Gasteiger partial charge in [0.05, 0.1) is 23.5 Å². The van der Waals surface area contributed by atoms with Gasteiger partial charge in [0.2, 0.25) is 0 Å². The van der Waals surface area contributed by atoms with E-state index < -0.39 is 5.82 Å². The van der Waals surface area contributed by atoms with Crippen LogP contribution in [0.3, 0.4) is 0 Å². The largest absolute Gasteiger partial charge is 0.494 e. The fraction of sp³-hybridized carbons (Fsp3) is 0.562. The van der Waals surface area contributed by atoms with E-state index in [1.54, 1.807) is 6.07 Å². The molecule has 0 fully saturated rings. The van der Waals surface area contributed by atoms with Gasteiger partial charge in [-0.25, -0.2) is 9.37 Å². The second-order valence-electron chi connectivity index (χ2n) is 5.42. The number of fused-ring (bicyclic) bond motifs is 1. The first-order valence-electron chi connectivity index (χ1n) is 7.39. The van der Waals surface area contributed by atoms with Crippen LogP contribution in [0.2, 0.25) is 0 Å². The Kier molecular flexibility index (Phi) is 5.09. The van der Waals surface area contributed by atoms with Crippen LogP contribution in [0.25, 0.3) is 11.0 Å². The smallest absolute Gasteiger partial charge is 0.167 e. The Morgan fingerprint density at radius 2 is 2.10 bits per heavy atom. The lowest BCUT2D eigenvalue weighted by atomic mass is 10.1. The monoisotopic (exact) mass is 312 g/mol. The van der Waals surface area contributed by atoms with Crippen molar-refractivity contribution >= 4 is 22.6 Å². The predicted molar refractivity (Wildman–Crippen MR) is 84.7 cm³/mol. The van der Waals surface area contributed by atoms with Crippen molar-refractivity contribution in [2.45, 2.75) is 51.5 Å². The number of ether oxygens (including phenoxy) is 1. The van der Waals surface area contributed by atoms with Gasteiger partial charge < -0.3 is 9.30 Å². The van der Waals surface area contributed by atoms with Crippen molar-refractivity contribution in [2.75, 3.05) is 7.11 Å². The van der Waals surface area contributed by atoms with E-state index in [1.165, 1.54) is 13.2 Å². The number of halogens is 2. The molecule has 1 aromatic carbocycles. The van der Waals surface area contributed by atoms with E-state index in [4.69, 9.17) is 16.3 Å². The van der Waals surface area contributed by atoms with E-state index in [2.05, 4.69) is 23.4 Å². The summed E-state index contributed by atoms with van der Waals surface area (Å²) >= 11 is 6.26. The van der Waals surface area contributed by atoms with Gasteiger partial charge >= 0.3 is 0 Å². The molecule has 2 atom stereocenters. The zero-order valence-electron chi connectivity index (χ0n) is 13.0. The lowest BCUT2D eigenvalue weighted by Gasteiger charge is -2.18. The van der Waals surface area contributed by atoms with Crippen LogP contribution in [0.15, 0.2) is 12.1 Å². The first-order valence-corrected chi connectivity index (χ1v) is 7.82. The average Bonchev–Trinajstić information content (AvgIpc) is 2.82. The van der Waals surface area contributed by atoms with Crippen LogP contribution in [-0.4, -0.2) is 16.7 Å². The van der Waals surface area contributed by atoms with Crippen LogP contribution in [0.1, 0.15) is 57.3 Å². The second-order valence-corrected chi connectivity index (χ2v) is 6.08. The van der Waals surface area contributed by atoms with Crippen LogP contribution >= 0.6 is 11.6 Å². The maximum absolute atomic E-state index is 13.9. The average molecular weight is 313 g/mol. The molecular formula is C16H22ClFN2O. The maximum atomic E-state index is 13.9. The predicted octanol–water partition coefficient (Wildman–Crippen LogP) is 5.24. The molecule has 0 spiro atoms. The molecule has 0 aliphatic rings. The van der Waals surface area contributed by atoms with Gasteiger partial charge in [-0.15, -0.1) is 11.6 Å². The minimum Gasteiger partial charge on any atom is -0.494 e. The molecule has 3 nitrogen and oxygen atoms in total. The van der Waals surface area contributed by atoms with Gasteiger partial charge in [0.1, 0.15) is 5.82 Å². The fourth-order valence-corrected chi connectivity index (χ4v) is 2.80. The molecule has 116 valence electrons. The number of rotatable bonds is 6. The van der Waals surface area contributed by atoms with E-state index in [0.29, 0.717) is 5.52 Å². The molecule has 1 heterocycles. The molecule has 0 amide bonds. The number of nitrogens with zero attached hydrogens (tertiary/aromatic N) is 2. The maximum Gasteiger partial charge on any atom is 0.167 e. The molecule has 0 bridgehead atoms. The molecule has 2 unspecified atom stereocenters. The highest BCUT2D eigenvalue weighted by Crippen LogP contribution is 2.33. The summed E-state index contributed by atoms with van der Waals surface area (Å²) in [5, 5.41) is -0.226. The zero-order valence-corrected chi connectivity index (χ0v) is 13.7. The van der Waals surface area contributed by atoms with Crippen LogP contribution in [-0.2, 0) is 0 Å². The SMILES string of the molecule is CCCCC(C)n1c(C(C)Cl)nc2cc(F)c(OC)cc21. The number of hydrogen-bond acceptors (Lipinski definition) is 2. The van der Waals surface area contributed by atoms with Crippen molar-refractivity contribution in [2.24, 2.45) is 0 Å². The molecule has 0 saturated carbocycles. The molecule has 5 heteroatoms. The minimum atomic E-state index is -0.398. The Morgan fingerprint density at radius 1 is 1.38 bits per heavy atom. The van der Waals surface area contributed by atoms with Crippen LogP contribution in [0.4, 0.5) is 4.39 Å². The highest BCUT2D eigenvalue weighted by molar-refractivity contribution is 6.20. The summed E-state index contributed by atoms with van der Waals surface area (Å²) in [5.41, 5.74) is 1.50. The first kappa shape index (κ1) is 16.1. The summed E-state index contributed by atoms with van der Waals surface area (Å²) in [7, 11) is 1.47. The molecule has 2 rings (SSSR count). The number of benzene rings is 1. The lowest BCUT2D eigenvalue weighted by Crippen LogP contribution is -2.10. The van der Waals surface area contributed by atoms with Crippen LogP contribution in [0.5, 0.6) is 5.75 Å². The van der Waals surface area contributed by atoms with E-state index in [1.807, 2.05) is 6.92 Å². The number of hydrogen-bond donors (Lipinski definition) is 0. The van der Waals surface area contributed by atoms with E-state index in [9.17, 15) is 4.39 Å². The molecule has 1 aromatic heterocycles. The van der Waals surface area contributed by atoms with Gasteiger partial charge in [-0.1, -0.05) is 19.8 Å². The van der Waals surface area contributed by atoms with Crippen molar-refractivity contribution in [1.82, 2.24) is 9.55 Å². The summed E-state index contributed by atoms with van der Waals surface area (Å²) < 4.78 is 21.1. The van der Waals surface area contributed by atoms with Gasteiger partial charge in [0, 0.05) is 18.2 Å². The highest BCUT2D eigenvalue weighted by Gasteiger charge is 2.20. The Labute approximate surface area is 130 Å². The molecule has 0 saturated heterocycles. The summed E-state index contributed by atoms with van der Waals surface area (Å²) in [5.74, 6) is 0.618. The third-order valence-electron chi connectivity index (χ3n) is 3.76. The molecule has 0 aliphatic heterocycles. The summed E-state index contributed by atoms with van der Waals surface area (Å²) in [6, 6.07) is 3.39. The number of alkyl halides is 1. The molecule has 0 radical (unpaired) electrons. The van der Waals surface area contributed by atoms with Crippen molar-refractivity contribution < 1.29 is 9.13 Å². The molecular weight excluding hydrogens is 291 g/mol. The number of imidazole rings is 1. The number of unbranched alkanes of at least 4 members (excludes halogenated alkanes) is 1. The fourth-order valence-electron chi connectivity index (χ4n) is 2.64. The lowest BCUT2D eigenvalue weighted by molar-refractivity contribution is 0.387. The van der Waals surface area contributed by atoms with Crippen molar-refractivity contribution in [3.8, 4) is 5.75 Å². The highest BCUT2D eigenvalue weighted by atomic mass is 35.5. The Bertz CT molecular complexity index is 624. The van der Waals surface area contributed by atoms with E-state index in [0.717, 1.165) is 30.6 Å². The van der Waals surface area contributed by atoms with Crippen LogP contribution in [0, 0.1) is 5.82 Å². The molecule has 21 heavy (non-hydrogen) atoms. The van der Waals surface area contributed by atoms with Gasteiger partial charge in [-0.3, -0.25) is 0 Å². The van der Waals surface area contributed by atoms with E-state index in [-0.39, 0.29) is 17.2 Å². The van der Waals surface area contributed by atoms with Crippen molar-refractivity contribution in [3.05, 3.63) is 23.8 Å². The van der Waals surface area contributed by atoms with Gasteiger partial charge in [0.15, 0.2) is 11.6 Å². The van der Waals surface area contributed by atoms with Crippen LogP contribution < -0.4 is 4.74 Å². The molecule has 0 aliphatic carbocycles. The Hall–Kier alpha value is -1.29. The second kappa shape index (κ2) is 6.65. The third kappa shape index (κ3) is 3.15. The van der Waals surface area contributed by atoms with Gasteiger partial charge in [-0.2, -0.15) is 0 Å². The number of methoxy groups -OCH3 is 1. The first-order chi connectivity index (χ1) is 9.99. The van der Waals surface area contributed by atoms with Crippen molar-refractivity contribution in [3.63, 3.8) is 0 Å². The van der Waals surface area contributed by atoms with Crippen molar-refractivity contribution in [1.29, 1.82) is 0 Å². The molecule has 0 N–H and O–H groups in total. The summed E-state index contributed by atoms with van der Waals surface area (Å²) in [6.45, 7) is 6.21. The third-order valence-corrected chi connectivity index (χ3v) is 3.96. The van der Waals surface area contributed by atoms with E-state index >= 15 is 0 Å². The zero-order chi connectivity index (χ0) is 15.6. The van der Waals surface area contributed by atoms with Gasteiger partial charge in [0.25, 0.3) is 0 Å². The summed E-state index contributed by atoms with van der Waals surface area (Å²) in [6.07, 6.45) is 3.31. The Balaban J connectivity index is 2.60. The molecule has 2 aromatic rings. The normalized spacial score (nSPS) is 14.4. The number of aromatic nitrogens is 2. The minimum absolute atomic E-state index is 0.226. The standard InChI is InChI=1S/C16H22ClFN2O/c1-5-6-7-10(2)20-14-9-15(21-4)12(18)8-13(14)19-16(20)11(3)17/h8-11H,5-7H2,1-4H3. The summed E-state index contributed by atoms with van der Waals surface area (Å²) in [4.78, 5) is 4.51. The topological polar surface area (TPSA) is 27.1 Å². The Morgan fingerprint density at radius 3 is 2.67 bits per heavy atom. The quantitative estimate of drug-likeness (QED) is 0.682.